The Hall–Kier alpha value is -3.11. The lowest BCUT2D eigenvalue weighted by molar-refractivity contribution is 0.0578. The van der Waals surface area contributed by atoms with Gasteiger partial charge in [0.2, 0.25) is 0 Å². The number of aromatic amines is 1. The Morgan fingerprint density at radius 2 is 2.18 bits per heavy atom. The normalized spacial score (nSPS) is 19.2. The summed E-state index contributed by atoms with van der Waals surface area (Å²) in [5.74, 6) is 3.08. The minimum atomic E-state index is -0.113. The lowest BCUT2D eigenvalue weighted by Gasteiger charge is -2.36. The third-order valence-corrected chi connectivity index (χ3v) is 5.27. The molecular weight excluding hydrogens is 360 g/mol. The first-order valence-electron chi connectivity index (χ1n) is 9.64. The van der Waals surface area contributed by atoms with E-state index in [-0.39, 0.29) is 11.9 Å². The number of hydrogen-bond donors (Lipinski definition) is 1. The van der Waals surface area contributed by atoms with Crippen molar-refractivity contribution in [1.29, 1.82) is 0 Å². The molecule has 0 unspecified atom stereocenters. The topological polar surface area (TPSA) is 123 Å². The second-order valence-electron chi connectivity index (χ2n) is 7.86. The van der Waals surface area contributed by atoms with E-state index in [1.807, 2.05) is 9.58 Å². The molecular formula is C17H22N10O. The van der Waals surface area contributed by atoms with Gasteiger partial charge in [0.05, 0.1) is 18.8 Å². The van der Waals surface area contributed by atoms with Crippen molar-refractivity contribution in [1.82, 2.24) is 50.1 Å². The summed E-state index contributed by atoms with van der Waals surface area (Å²) in [6, 6.07) is -0.113. The summed E-state index contributed by atoms with van der Waals surface area (Å²) in [5, 5.41) is 22.7. The molecule has 0 spiro atoms. The molecule has 0 aromatic carbocycles. The van der Waals surface area contributed by atoms with E-state index in [9.17, 15) is 4.79 Å². The summed E-state index contributed by atoms with van der Waals surface area (Å²) in [4.78, 5) is 20.2. The van der Waals surface area contributed by atoms with Crippen molar-refractivity contribution in [3.8, 4) is 5.82 Å². The molecule has 1 aliphatic heterocycles. The van der Waals surface area contributed by atoms with Gasteiger partial charge in [0.25, 0.3) is 5.91 Å². The molecule has 1 saturated carbocycles. The Kier molecular flexibility index (Phi) is 3.95. The number of hydrogen-bond acceptors (Lipinski definition) is 7. The summed E-state index contributed by atoms with van der Waals surface area (Å²) in [7, 11) is 0. The van der Waals surface area contributed by atoms with Crippen LogP contribution in [-0.2, 0) is 6.54 Å². The van der Waals surface area contributed by atoms with Crippen LogP contribution in [0.25, 0.3) is 5.82 Å². The zero-order valence-electron chi connectivity index (χ0n) is 15.9. The Bertz CT molecular complexity index is 984. The maximum Gasteiger partial charge on any atom is 0.260 e. The van der Waals surface area contributed by atoms with E-state index >= 15 is 0 Å². The second kappa shape index (κ2) is 6.50. The third kappa shape index (κ3) is 2.86. The molecule has 0 radical (unpaired) electrons. The molecule has 11 heteroatoms. The number of fused-ring (bicyclic) bond motifs is 1. The number of nitrogens with one attached hydrogen (secondary N) is 1. The second-order valence-corrected chi connectivity index (χ2v) is 7.86. The summed E-state index contributed by atoms with van der Waals surface area (Å²) in [6.07, 6.45) is 6.11. The summed E-state index contributed by atoms with van der Waals surface area (Å²) >= 11 is 0. The highest BCUT2D eigenvalue weighted by Gasteiger charge is 2.38. The smallest absolute Gasteiger partial charge is 0.260 e. The molecule has 146 valence electrons. The van der Waals surface area contributed by atoms with Gasteiger partial charge in [-0.25, -0.2) is 9.67 Å². The van der Waals surface area contributed by atoms with Crippen molar-refractivity contribution in [3.05, 3.63) is 29.7 Å². The lowest BCUT2D eigenvalue weighted by atomic mass is 9.99. The van der Waals surface area contributed by atoms with Crippen molar-refractivity contribution in [3.63, 3.8) is 0 Å². The molecule has 0 bridgehead atoms. The third-order valence-electron chi connectivity index (χ3n) is 5.27. The van der Waals surface area contributed by atoms with Gasteiger partial charge in [-0.05, 0) is 35.6 Å². The molecule has 1 amide bonds. The van der Waals surface area contributed by atoms with E-state index in [4.69, 9.17) is 10.1 Å². The van der Waals surface area contributed by atoms with Crippen LogP contribution in [0.5, 0.6) is 0 Å². The van der Waals surface area contributed by atoms with Gasteiger partial charge in [0, 0.05) is 12.5 Å². The first kappa shape index (κ1) is 17.0. The van der Waals surface area contributed by atoms with E-state index in [2.05, 4.69) is 39.6 Å². The van der Waals surface area contributed by atoms with Gasteiger partial charge in [-0.15, -0.1) is 5.10 Å². The van der Waals surface area contributed by atoms with Crippen molar-refractivity contribution in [2.24, 2.45) is 5.92 Å². The van der Waals surface area contributed by atoms with Gasteiger partial charge < -0.3 is 4.90 Å². The van der Waals surface area contributed by atoms with Crippen LogP contribution in [0.3, 0.4) is 0 Å². The van der Waals surface area contributed by atoms with Crippen molar-refractivity contribution >= 4 is 5.91 Å². The van der Waals surface area contributed by atoms with Crippen LogP contribution in [0, 0.1) is 5.92 Å². The first-order chi connectivity index (χ1) is 13.6. The van der Waals surface area contributed by atoms with Crippen molar-refractivity contribution < 1.29 is 4.79 Å². The highest BCUT2D eigenvalue weighted by molar-refractivity contribution is 5.97. The molecule has 28 heavy (non-hydrogen) atoms. The Morgan fingerprint density at radius 1 is 1.32 bits per heavy atom. The first-order valence-corrected chi connectivity index (χ1v) is 9.64. The summed E-state index contributed by atoms with van der Waals surface area (Å²) in [6.45, 7) is 5.54. The van der Waals surface area contributed by atoms with Crippen molar-refractivity contribution in [2.75, 3.05) is 6.54 Å². The van der Waals surface area contributed by atoms with Crippen LogP contribution in [0.15, 0.2) is 12.5 Å². The van der Waals surface area contributed by atoms with E-state index in [0.29, 0.717) is 36.3 Å². The van der Waals surface area contributed by atoms with Gasteiger partial charge in [-0.3, -0.25) is 9.89 Å². The number of tetrazole rings is 1. The van der Waals surface area contributed by atoms with E-state index in [1.165, 1.54) is 17.2 Å². The fourth-order valence-corrected chi connectivity index (χ4v) is 3.75. The molecule has 1 aliphatic carbocycles. The summed E-state index contributed by atoms with van der Waals surface area (Å²) in [5.41, 5.74) is 0.441. The van der Waals surface area contributed by atoms with Gasteiger partial charge in [0.15, 0.2) is 11.6 Å². The van der Waals surface area contributed by atoms with Crippen LogP contribution in [-0.4, -0.2) is 62.5 Å². The minimum absolute atomic E-state index is 0.105. The molecule has 1 atom stereocenters. The van der Waals surface area contributed by atoms with E-state index in [1.54, 1.807) is 0 Å². The Balaban J connectivity index is 1.50. The van der Waals surface area contributed by atoms with Gasteiger partial charge in [-0.1, -0.05) is 13.8 Å². The minimum Gasteiger partial charge on any atom is -0.326 e. The van der Waals surface area contributed by atoms with Crippen molar-refractivity contribution in [2.45, 2.75) is 51.6 Å². The maximum atomic E-state index is 13.5. The fraction of sp³-hybridized carbons (Fsp3) is 0.588. The molecule has 3 aromatic heterocycles. The highest BCUT2D eigenvalue weighted by Crippen LogP contribution is 2.40. The number of carbonyl (C=O) groups is 1. The van der Waals surface area contributed by atoms with Gasteiger partial charge in [-0.2, -0.15) is 14.9 Å². The predicted molar refractivity (Wildman–Crippen MR) is 96.5 cm³/mol. The average molecular weight is 382 g/mol. The predicted octanol–water partition coefficient (Wildman–Crippen LogP) is 1.10. The summed E-state index contributed by atoms with van der Waals surface area (Å²) < 4.78 is 3.40. The van der Waals surface area contributed by atoms with Crippen LogP contribution >= 0.6 is 0 Å². The number of H-pyrrole nitrogens is 1. The molecule has 0 saturated heterocycles. The number of carbonyl (C=O) groups excluding carboxylic acids is 1. The van der Waals surface area contributed by atoms with Gasteiger partial charge >= 0.3 is 0 Å². The molecule has 4 heterocycles. The van der Waals surface area contributed by atoms with Gasteiger partial charge in [0.1, 0.15) is 17.7 Å². The molecule has 1 fully saturated rings. The number of aromatic nitrogens is 9. The zero-order chi connectivity index (χ0) is 19.3. The lowest BCUT2D eigenvalue weighted by Crippen LogP contribution is -2.43. The molecule has 11 nitrogen and oxygen atoms in total. The number of rotatable bonds is 5. The molecule has 1 N–H and O–H groups in total. The van der Waals surface area contributed by atoms with Crippen LogP contribution in [0.4, 0.5) is 0 Å². The highest BCUT2D eigenvalue weighted by atomic mass is 16.2. The molecule has 5 rings (SSSR count). The Labute approximate surface area is 161 Å². The molecule has 2 aliphatic rings. The maximum absolute atomic E-state index is 13.5. The van der Waals surface area contributed by atoms with Crippen LogP contribution < -0.4 is 0 Å². The quantitative estimate of drug-likeness (QED) is 0.701. The van der Waals surface area contributed by atoms with Crippen LogP contribution in [0.1, 0.15) is 67.1 Å². The average Bonchev–Trinajstić information content (AvgIpc) is 3.10. The molecule has 3 aromatic rings. The largest absolute Gasteiger partial charge is 0.326 e. The SMILES string of the molecule is CC(C)C[C@H]1c2nc(C3CC3)nn2CCN1C(=O)c1cn[nH]c1-n1cnnn1. The number of nitrogens with zero attached hydrogens (tertiary/aromatic N) is 9. The standard InChI is InChI=1S/C17H22N10O/c1-10(2)7-13-16-20-14(11-3-4-11)22-26(16)6-5-25(13)17(28)12-8-18-21-15(12)27-9-19-23-24-27/h8-11,13H,3-7H2,1-2H3,(H,18,21)/t13-/m0/s1. The fourth-order valence-electron chi connectivity index (χ4n) is 3.75. The van der Waals surface area contributed by atoms with E-state index in [0.717, 1.165) is 30.9 Å². The van der Waals surface area contributed by atoms with E-state index < -0.39 is 0 Å². The Morgan fingerprint density at radius 3 is 2.89 bits per heavy atom. The number of amides is 1. The van der Waals surface area contributed by atoms with Crippen LogP contribution in [0.2, 0.25) is 0 Å². The monoisotopic (exact) mass is 382 g/mol. The zero-order valence-corrected chi connectivity index (χ0v) is 15.9.